The van der Waals surface area contributed by atoms with Crippen LogP contribution in [0.3, 0.4) is 0 Å². The molecule has 0 radical (unpaired) electrons. The second-order valence-corrected chi connectivity index (χ2v) is 12.6. The highest BCUT2D eigenvalue weighted by Gasteiger charge is 2.34. The summed E-state index contributed by atoms with van der Waals surface area (Å²) in [6.45, 7) is 5.11. The van der Waals surface area contributed by atoms with Crippen molar-refractivity contribution in [1.29, 1.82) is 0 Å². The van der Waals surface area contributed by atoms with Crippen molar-refractivity contribution in [3.63, 3.8) is 0 Å². The van der Waals surface area contributed by atoms with Gasteiger partial charge in [-0.05, 0) is 44.9 Å². The van der Waals surface area contributed by atoms with Crippen molar-refractivity contribution in [3.05, 3.63) is 48.3 Å². The van der Waals surface area contributed by atoms with E-state index in [4.69, 9.17) is 5.10 Å². The van der Waals surface area contributed by atoms with Crippen LogP contribution in [0.1, 0.15) is 26.0 Å². The Balaban J connectivity index is 1.47. The molecule has 1 fully saturated rings. The molecule has 5 heterocycles. The molecule has 0 N–H and O–H groups in total. The zero-order valence-electron chi connectivity index (χ0n) is 22.0. The minimum absolute atomic E-state index is 0.139. The first kappa shape index (κ1) is 28.0. The Morgan fingerprint density at radius 1 is 1.10 bits per heavy atom. The summed E-state index contributed by atoms with van der Waals surface area (Å²) >= 11 is 0. The van der Waals surface area contributed by atoms with Crippen molar-refractivity contribution < 1.29 is 30.7 Å². The zero-order valence-corrected chi connectivity index (χ0v) is 22.8. The van der Waals surface area contributed by atoms with Crippen LogP contribution in [0.5, 0.6) is 5.88 Å². The normalized spacial score (nSPS) is 16.5. The highest BCUT2D eigenvalue weighted by molar-refractivity contribution is 7.91. The van der Waals surface area contributed by atoms with Gasteiger partial charge in [-0.1, -0.05) is 0 Å². The van der Waals surface area contributed by atoms with Crippen LogP contribution in [0.15, 0.2) is 36.8 Å². The van der Waals surface area contributed by atoms with E-state index in [9.17, 15) is 26.0 Å². The van der Waals surface area contributed by atoms with Gasteiger partial charge in [-0.3, -0.25) is 9.58 Å². The molecule has 10 nitrogen and oxygen atoms in total. The minimum Gasteiger partial charge on any atom is -0.385 e. The highest BCUT2D eigenvalue weighted by Crippen LogP contribution is 2.31. The first-order valence-electron chi connectivity index (χ1n) is 12.5. The van der Waals surface area contributed by atoms with E-state index in [0.717, 1.165) is 23.3 Å². The van der Waals surface area contributed by atoms with E-state index >= 15 is 0 Å². The second-order valence-electron chi connectivity index (χ2n) is 10.3. The van der Waals surface area contributed by atoms with E-state index in [1.807, 2.05) is 0 Å². The Morgan fingerprint density at radius 2 is 1.82 bits per heavy atom. The van der Waals surface area contributed by atoms with Crippen molar-refractivity contribution in [2.24, 2.45) is 7.05 Å². The van der Waals surface area contributed by atoms with Crippen LogP contribution in [0.4, 0.5) is 17.6 Å². The molecule has 1 aliphatic heterocycles. The number of sulfone groups is 1. The number of nitrogens with zero attached hydrogens (tertiary/aromatic N) is 7. The van der Waals surface area contributed by atoms with Crippen LogP contribution in [0.25, 0.3) is 28.0 Å². The zero-order chi connectivity index (χ0) is 28.9. The van der Waals surface area contributed by atoms with Gasteiger partial charge in [0.15, 0.2) is 21.3 Å². The Kier molecular flexibility index (Phi) is 7.06. The van der Waals surface area contributed by atoms with E-state index in [2.05, 4.69) is 38.6 Å². The first-order valence-corrected chi connectivity index (χ1v) is 14.3. The molecule has 4 aromatic heterocycles. The van der Waals surface area contributed by atoms with Gasteiger partial charge in [-0.2, -0.15) is 10.2 Å². The number of aromatic nitrogens is 6. The van der Waals surface area contributed by atoms with Gasteiger partial charge in [-0.25, -0.2) is 27.5 Å². The van der Waals surface area contributed by atoms with Gasteiger partial charge in [0.05, 0.1) is 35.3 Å². The summed E-state index contributed by atoms with van der Waals surface area (Å²) in [5, 5.41) is 9.75. The lowest BCUT2D eigenvalue weighted by Crippen LogP contribution is -2.51. The van der Waals surface area contributed by atoms with Crippen LogP contribution in [-0.4, -0.2) is 79.3 Å². The molecule has 0 unspecified atom stereocenters. The molecule has 5 rings (SSSR count). The van der Waals surface area contributed by atoms with Gasteiger partial charge in [0.25, 0.3) is 5.88 Å². The summed E-state index contributed by atoms with van der Waals surface area (Å²) in [6, 6.07) is 4.29. The van der Waals surface area contributed by atoms with Crippen molar-refractivity contribution in [1.82, 2.24) is 34.4 Å². The average Bonchev–Trinajstić information content (AvgIpc) is 3.46. The summed E-state index contributed by atoms with van der Waals surface area (Å²) < 4.78 is 82.5. The maximum Gasteiger partial charge on any atom is 0.574 e. The fourth-order valence-electron chi connectivity index (χ4n) is 4.75. The van der Waals surface area contributed by atoms with E-state index in [1.54, 1.807) is 40.9 Å². The van der Waals surface area contributed by atoms with E-state index in [0.29, 0.717) is 37.3 Å². The molecular weight excluding hydrogens is 554 g/mol. The molecule has 15 heteroatoms. The molecule has 0 bridgehead atoms. The lowest BCUT2D eigenvalue weighted by Gasteiger charge is -2.40. The number of rotatable bonds is 7. The Bertz CT molecular complexity index is 1650. The standard InChI is InChI=1S/C25H27F4N7O3S/c1-24(2,35-8-10-40(37,38)11-9-35)7-6-21-18-4-5-20(16-12-19(26)23(30-13-16)39-25(27,28)29)32-22(18)36(33-21)17-14-31-34(3)15-17/h4-5,12-15H,6-11H2,1-3H3. The topological polar surface area (TPSA) is 108 Å². The van der Waals surface area contributed by atoms with E-state index in [1.165, 1.54) is 0 Å². The van der Waals surface area contributed by atoms with Crippen LogP contribution >= 0.6 is 0 Å². The summed E-state index contributed by atoms with van der Waals surface area (Å²) in [7, 11) is -1.24. The molecule has 0 saturated carbocycles. The number of pyridine rings is 2. The molecule has 40 heavy (non-hydrogen) atoms. The maximum atomic E-state index is 14.4. The number of hydrogen-bond acceptors (Lipinski definition) is 8. The Morgan fingerprint density at radius 3 is 2.45 bits per heavy atom. The van der Waals surface area contributed by atoms with E-state index < -0.39 is 27.9 Å². The third-order valence-corrected chi connectivity index (χ3v) is 8.64. The lowest BCUT2D eigenvalue weighted by molar-refractivity contribution is -0.277. The number of alkyl halides is 3. The largest absolute Gasteiger partial charge is 0.574 e. The molecule has 4 aromatic rings. The molecule has 0 atom stereocenters. The number of aryl methyl sites for hydroxylation is 2. The van der Waals surface area contributed by atoms with Crippen LogP contribution in [0, 0.1) is 5.82 Å². The van der Waals surface area contributed by atoms with Crippen molar-refractivity contribution >= 4 is 20.9 Å². The molecule has 1 saturated heterocycles. The quantitative estimate of drug-likeness (QED) is 0.304. The third kappa shape index (κ3) is 5.94. The average molecular weight is 582 g/mol. The number of halogens is 4. The summed E-state index contributed by atoms with van der Waals surface area (Å²) in [5.74, 6) is -2.17. The monoisotopic (exact) mass is 581 g/mol. The lowest BCUT2D eigenvalue weighted by atomic mass is 9.94. The highest BCUT2D eigenvalue weighted by atomic mass is 32.2. The third-order valence-electron chi connectivity index (χ3n) is 7.03. The van der Waals surface area contributed by atoms with Gasteiger partial charge < -0.3 is 4.74 Å². The fraction of sp³-hybridized carbons (Fsp3) is 0.440. The summed E-state index contributed by atoms with van der Waals surface area (Å²) in [4.78, 5) is 10.3. The van der Waals surface area contributed by atoms with Crippen LogP contribution < -0.4 is 4.74 Å². The van der Waals surface area contributed by atoms with Gasteiger partial charge >= 0.3 is 6.36 Å². The Hall–Kier alpha value is -3.59. The second kappa shape index (κ2) is 10.1. The molecule has 0 spiro atoms. The van der Waals surface area contributed by atoms with Crippen molar-refractivity contribution in [2.45, 2.75) is 38.6 Å². The van der Waals surface area contributed by atoms with Crippen LogP contribution in [-0.2, 0) is 23.3 Å². The van der Waals surface area contributed by atoms with Crippen molar-refractivity contribution in [2.75, 3.05) is 24.6 Å². The Labute approximate surface area is 227 Å². The summed E-state index contributed by atoms with van der Waals surface area (Å²) in [6.07, 6.45) is 0.634. The van der Waals surface area contributed by atoms with E-state index in [-0.39, 0.29) is 28.3 Å². The predicted molar refractivity (Wildman–Crippen MR) is 138 cm³/mol. The minimum atomic E-state index is -5.07. The van der Waals surface area contributed by atoms with Crippen LogP contribution in [0.2, 0.25) is 0 Å². The van der Waals surface area contributed by atoms with Gasteiger partial charge in [0.2, 0.25) is 0 Å². The van der Waals surface area contributed by atoms with Gasteiger partial charge in [0.1, 0.15) is 5.69 Å². The van der Waals surface area contributed by atoms with Gasteiger partial charge in [0, 0.05) is 42.8 Å². The summed E-state index contributed by atoms with van der Waals surface area (Å²) in [5.41, 5.74) is 2.02. The molecule has 214 valence electrons. The smallest absolute Gasteiger partial charge is 0.385 e. The van der Waals surface area contributed by atoms with Crippen molar-refractivity contribution in [3.8, 4) is 22.8 Å². The maximum absolute atomic E-state index is 14.4. The predicted octanol–water partition coefficient (Wildman–Crippen LogP) is 3.70. The number of ether oxygens (including phenoxy) is 1. The number of hydrogen-bond donors (Lipinski definition) is 0. The SMILES string of the molecule is Cn1cc(-n2nc(CCC(C)(C)N3CCS(=O)(=O)CC3)c3ccc(-c4cnc(OC(F)(F)F)c(F)c4)nc32)cn1. The molecule has 1 aliphatic rings. The number of fused-ring (bicyclic) bond motifs is 1. The first-order chi connectivity index (χ1) is 18.7. The molecular formula is C25H27F4N7O3S. The molecule has 0 amide bonds. The fourth-order valence-corrected chi connectivity index (χ4v) is 5.95. The van der Waals surface area contributed by atoms with Gasteiger partial charge in [-0.15, -0.1) is 13.2 Å². The molecule has 0 aromatic carbocycles. The molecule has 0 aliphatic carbocycles.